The maximum atomic E-state index is 12.6. The van der Waals surface area contributed by atoms with E-state index in [0.29, 0.717) is 11.2 Å². The lowest BCUT2D eigenvalue weighted by Crippen LogP contribution is -2.46. The van der Waals surface area contributed by atoms with E-state index in [1.807, 2.05) is 0 Å². The molecule has 0 saturated heterocycles. The second-order valence-electron chi connectivity index (χ2n) is 5.01. The van der Waals surface area contributed by atoms with Crippen molar-refractivity contribution >= 4 is 23.4 Å². The number of pyridine rings is 1. The summed E-state index contributed by atoms with van der Waals surface area (Å²) in [6.45, 7) is 3.04. The minimum Gasteiger partial charge on any atom is -0.480 e. The van der Waals surface area contributed by atoms with Crippen molar-refractivity contribution in [2.45, 2.75) is 19.9 Å². The predicted molar refractivity (Wildman–Crippen MR) is 79.8 cm³/mol. The molecule has 1 atom stereocenters. The number of carboxylic acids is 1. The Morgan fingerprint density at radius 1 is 1.39 bits per heavy atom. The number of carboxylic acid groups (broad SMARTS) is 1. The molecule has 0 aliphatic rings. The van der Waals surface area contributed by atoms with E-state index < -0.39 is 17.9 Å². The minimum atomic E-state index is -1.12. The molecule has 1 unspecified atom stereocenters. The van der Waals surface area contributed by atoms with E-state index in [2.05, 4.69) is 15.5 Å². The number of carbonyl (C=O) groups excluding carboxylic acids is 2. The Morgan fingerprint density at radius 2 is 2.13 bits per heavy atom. The van der Waals surface area contributed by atoms with Crippen molar-refractivity contribution < 1.29 is 19.5 Å². The van der Waals surface area contributed by atoms with Crippen molar-refractivity contribution in [2.75, 3.05) is 13.1 Å². The summed E-state index contributed by atoms with van der Waals surface area (Å²) >= 11 is 0. The summed E-state index contributed by atoms with van der Waals surface area (Å²) in [4.78, 5) is 36.0. The predicted octanol–water partition coefficient (Wildman–Crippen LogP) is -0.219. The smallest absolute Gasteiger partial charge is 0.326 e. The number of nitrogens with zero attached hydrogens (tertiary/aromatic N) is 4. The standard InChI is InChI=1S/C14H17N5O4/c1-9(14(22)23)19(6-5-15-10(2)20)13(21)11-3-4-12-17-16-8-18(12)7-11/h3-4,7-9H,5-6H2,1-2H3,(H,15,20)(H,22,23). The molecule has 2 rings (SSSR count). The maximum Gasteiger partial charge on any atom is 0.326 e. The number of aliphatic carboxylic acids is 1. The molecule has 23 heavy (non-hydrogen) atoms. The third kappa shape index (κ3) is 3.82. The third-order valence-electron chi connectivity index (χ3n) is 3.35. The Hall–Kier alpha value is -2.97. The number of amides is 2. The number of rotatable bonds is 6. The van der Waals surface area contributed by atoms with Gasteiger partial charge in [-0.2, -0.15) is 0 Å². The van der Waals surface area contributed by atoms with Gasteiger partial charge in [-0.1, -0.05) is 0 Å². The fourth-order valence-corrected chi connectivity index (χ4v) is 2.08. The molecule has 2 heterocycles. The highest BCUT2D eigenvalue weighted by molar-refractivity contribution is 5.96. The van der Waals surface area contributed by atoms with Crippen LogP contribution in [-0.4, -0.2) is 61.5 Å². The zero-order chi connectivity index (χ0) is 17.0. The maximum absolute atomic E-state index is 12.6. The van der Waals surface area contributed by atoms with Crippen LogP contribution in [0.15, 0.2) is 24.7 Å². The number of hydrogen-bond acceptors (Lipinski definition) is 5. The first-order valence-electron chi connectivity index (χ1n) is 6.97. The lowest BCUT2D eigenvalue weighted by molar-refractivity contribution is -0.141. The molecule has 2 aromatic heterocycles. The fourth-order valence-electron chi connectivity index (χ4n) is 2.08. The Morgan fingerprint density at radius 3 is 2.78 bits per heavy atom. The summed E-state index contributed by atoms with van der Waals surface area (Å²) in [5.41, 5.74) is 0.894. The Labute approximate surface area is 131 Å². The summed E-state index contributed by atoms with van der Waals surface area (Å²) in [5.74, 6) is -1.81. The highest BCUT2D eigenvalue weighted by atomic mass is 16.4. The van der Waals surface area contributed by atoms with Gasteiger partial charge in [-0.3, -0.25) is 14.0 Å². The van der Waals surface area contributed by atoms with Crippen LogP contribution >= 0.6 is 0 Å². The van der Waals surface area contributed by atoms with Gasteiger partial charge in [0.25, 0.3) is 5.91 Å². The van der Waals surface area contributed by atoms with Crippen LogP contribution in [0.3, 0.4) is 0 Å². The first-order valence-corrected chi connectivity index (χ1v) is 6.97. The van der Waals surface area contributed by atoms with Crippen LogP contribution in [0.1, 0.15) is 24.2 Å². The first-order chi connectivity index (χ1) is 10.9. The van der Waals surface area contributed by atoms with Crippen molar-refractivity contribution in [1.29, 1.82) is 0 Å². The van der Waals surface area contributed by atoms with Crippen LogP contribution in [-0.2, 0) is 9.59 Å². The molecule has 0 aliphatic carbocycles. The molecule has 2 aromatic rings. The van der Waals surface area contributed by atoms with Crippen LogP contribution < -0.4 is 5.32 Å². The van der Waals surface area contributed by atoms with E-state index in [1.165, 1.54) is 31.3 Å². The first kappa shape index (κ1) is 16.4. The molecule has 9 nitrogen and oxygen atoms in total. The monoisotopic (exact) mass is 319 g/mol. The normalized spacial score (nSPS) is 11.9. The lowest BCUT2D eigenvalue weighted by atomic mass is 10.2. The second-order valence-corrected chi connectivity index (χ2v) is 5.01. The van der Waals surface area contributed by atoms with E-state index in [-0.39, 0.29) is 19.0 Å². The van der Waals surface area contributed by atoms with Gasteiger partial charge in [0.15, 0.2) is 5.65 Å². The van der Waals surface area contributed by atoms with E-state index in [1.54, 1.807) is 16.5 Å². The highest BCUT2D eigenvalue weighted by Crippen LogP contribution is 2.10. The summed E-state index contributed by atoms with van der Waals surface area (Å²) in [6.07, 6.45) is 2.99. The summed E-state index contributed by atoms with van der Waals surface area (Å²) in [5, 5.41) is 19.3. The van der Waals surface area contributed by atoms with Gasteiger partial charge in [-0.05, 0) is 19.1 Å². The zero-order valence-electron chi connectivity index (χ0n) is 12.8. The van der Waals surface area contributed by atoms with Gasteiger partial charge in [0.05, 0.1) is 5.56 Å². The summed E-state index contributed by atoms with van der Waals surface area (Å²) in [7, 11) is 0. The molecule has 0 fully saturated rings. The zero-order valence-corrected chi connectivity index (χ0v) is 12.8. The quantitative estimate of drug-likeness (QED) is 0.760. The van der Waals surface area contributed by atoms with Gasteiger partial charge in [-0.15, -0.1) is 10.2 Å². The number of aromatic nitrogens is 3. The second kappa shape index (κ2) is 6.86. The van der Waals surface area contributed by atoms with Gasteiger partial charge >= 0.3 is 5.97 Å². The van der Waals surface area contributed by atoms with E-state index in [9.17, 15) is 19.5 Å². The highest BCUT2D eigenvalue weighted by Gasteiger charge is 2.26. The Kier molecular flexibility index (Phi) is 4.89. The molecule has 0 radical (unpaired) electrons. The molecule has 0 spiro atoms. The van der Waals surface area contributed by atoms with Gasteiger partial charge in [0, 0.05) is 26.2 Å². The molecule has 2 amide bonds. The molecule has 2 N–H and O–H groups in total. The minimum absolute atomic E-state index is 0.0894. The Balaban J connectivity index is 2.23. The van der Waals surface area contributed by atoms with Crippen LogP contribution in [0.5, 0.6) is 0 Å². The summed E-state index contributed by atoms with van der Waals surface area (Å²) in [6, 6.07) is 2.16. The SMILES string of the molecule is CC(=O)NCCN(C(=O)c1ccc2nncn2c1)C(C)C(=O)O. The number of nitrogens with one attached hydrogen (secondary N) is 1. The van der Waals surface area contributed by atoms with Crippen molar-refractivity contribution in [2.24, 2.45) is 0 Å². The molecule has 0 aromatic carbocycles. The largest absolute Gasteiger partial charge is 0.480 e. The van der Waals surface area contributed by atoms with Gasteiger partial charge in [0.2, 0.25) is 5.91 Å². The van der Waals surface area contributed by atoms with E-state index in [0.717, 1.165) is 0 Å². The average molecular weight is 319 g/mol. The molecule has 9 heteroatoms. The fraction of sp³-hybridized carbons (Fsp3) is 0.357. The number of carbonyl (C=O) groups is 3. The molecule has 122 valence electrons. The molecular formula is C14H17N5O4. The molecule has 0 aliphatic heterocycles. The topological polar surface area (TPSA) is 117 Å². The molecule has 0 bridgehead atoms. The van der Waals surface area contributed by atoms with E-state index in [4.69, 9.17) is 0 Å². The van der Waals surface area contributed by atoms with Gasteiger partial charge in [-0.25, -0.2) is 4.79 Å². The van der Waals surface area contributed by atoms with Crippen molar-refractivity contribution in [3.05, 3.63) is 30.2 Å². The van der Waals surface area contributed by atoms with Crippen molar-refractivity contribution in [3.8, 4) is 0 Å². The van der Waals surface area contributed by atoms with Crippen molar-refractivity contribution in [3.63, 3.8) is 0 Å². The number of hydrogen-bond donors (Lipinski definition) is 2. The third-order valence-corrected chi connectivity index (χ3v) is 3.35. The van der Waals surface area contributed by atoms with Gasteiger partial charge < -0.3 is 15.3 Å². The molecular weight excluding hydrogens is 302 g/mol. The average Bonchev–Trinajstić information content (AvgIpc) is 2.97. The lowest BCUT2D eigenvalue weighted by Gasteiger charge is -2.26. The van der Waals surface area contributed by atoms with Gasteiger partial charge in [0.1, 0.15) is 12.4 Å². The van der Waals surface area contributed by atoms with Crippen LogP contribution in [0.25, 0.3) is 5.65 Å². The summed E-state index contributed by atoms with van der Waals surface area (Å²) < 4.78 is 1.57. The van der Waals surface area contributed by atoms with Crippen LogP contribution in [0.4, 0.5) is 0 Å². The number of fused-ring (bicyclic) bond motifs is 1. The van der Waals surface area contributed by atoms with Crippen LogP contribution in [0.2, 0.25) is 0 Å². The molecule has 0 saturated carbocycles. The van der Waals surface area contributed by atoms with Crippen LogP contribution in [0, 0.1) is 0 Å². The van der Waals surface area contributed by atoms with E-state index >= 15 is 0 Å². The van der Waals surface area contributed by atoms with Crippen molar-refractivity contribution in [1.82, 2.24) is 24.8 Å². The Bertz CT molecular complexity index is 742.